The molecule has 0 saturated heterocycles. The summed E-state index contributed by atoms with van der Waals surface area (Å²) < 4.78 is 5.90. The molecule has 2 aromatic carbocycles. The van der Waals surface area contributed by atoms with Crippen molar-refractivity contribution in [1.82, 2.24) is 0 Å². The minimum absolute atomic E-state index is 0.133. The van der Waals surface area contributed by atoms with Gasteiger partial charge in [-0.2, -0.15) is 0 Å². The Bertz CT molecular complexity index is 756. The third-order valence-corrected chi connectivity index (χ3v) is 4.67. The van der Waals surface area contributed by atoms with Gasteiger partial charge < -0.3 is 10.1 Å². The molecule has 0 bridgehead atoms. The summed E-state index contributed by atoms with van der Waals surface area (Å²) in [7, 11) is 0. The monoisotopic (exact) mass is 359 g/mol. The molecular weight excluding hydrogens is 334 g/mol. The van der Waals surface area contributed by atoms with Crippen molar-refractivity contribution in [3.05, 3.63) is 58.1 Å². The second kappa shape index (κ2) is 8.39. The minimum Gasteiger partial charge on any atom is -0.481 e. The van der Waals surface area contributed by atoms with E-state index in [1.807, 2.05) is 39.0 Å². The predicted octanol–water partition coefficient (Wildman–Crippen LogP) is 5.88. The molecule has 1 amide bonds. The summed E-state index contributed by atoms with van der Waals surface area (Å²) in [5.74, 6) is 0.846. The summed E-state index contributed by atoms with van der Waals surface area (Å²) >= 11 is 6.05. The standard InChI is InChI=1S/C21H26ClNO2/c1-6-19(25-16-10-11-18(22)15(5)12-16)21(24)23-20-14(4)8-7-9-17(20)13(2)3/h7-13,19H,6H2,1-5H3,(H,23,24). The Hall–Kier alpha value is -2.00. The number of aryl methyl sites for hydroxylation is 2. The number of amides is 1. The Kier molecular flexibility index (Phi) is 6.49. The molecule has 1 atom stereocenters. The van der Waals surface area contributed by atoms with Crippen molar-refractivity contribution in [3.63, 3.8) is 0 Å². The molecule has 134 valence electrons. The number of hydrogen-bond donors (Lipinski definition) is 1. The highest BCUT2D eigenvalue weighted by atomic mass is 35.5. The zero-order valence-corrected chi connectivity index (χ0v) is 16.3. The van der Waals surface area contributed by atoms with E-state index >= 15 is 0 Å². The molecule has 0 radical (unpaired) electrons. The van der Waals surface area contributed by atoms with Crippen LogP contribution in [0.2, 0.25) is 5.02 Å². The molecule has 0 fully saturated rings. The average Bonchev–Trinajstić information content (AvgIpc) is 2.57. The second-order valence-corrected chi connectivity index (χ2v) is 7.02. The molecule has 3 nitrogen and oxygen atoms in total. The number of anilines is 1. The fraction of sp³-hybridized carbons (Fsp3) is 0.381. The fourth-order valence-electron chi connectivity index (χ4n) is 2.72. The number of ether oxygens (including phenoxy) is 1. The van der Waals surface area contributed by atoms with Gasteiger partial charge in [-0.05, 0) is 61.1 Å². The highest BCUT2D eigenvalue weighted by Crippen LogP contribution is 2.28. The SMILES string of the molecule is CCC(Oc1ccc(Cl)c(C)c1)C(=O)Nc1c(C)cccc1C(C)C. The molecular formula is C21H26ClNO2. The summed E-state index contributed by atoms with van der Waals surface area (Å²) in [6.07, 6.45) is 0.0244. The quantitative estimate of drug-likeness (QED) is 0.699. The number of carbonyl (C=O) groups is 1. The van der Waals surface area contributed by atoms with Gasteiger partial charge in [-0.15, -0.1) is 0 Å². The van der Waals surface area contributed by atoms with Crippen LogP contribution in [0.5, 0.6) is 5.75 Å². The smallest absolute Gasteiger partial charge is 0.265 e. The van der Waals surface area contributed by atoms with Crippen molar-refractivity contribution >= 4 is 23.2 Å². The van der Waals surface area contributed by atoms with Crippen LogP contribution in [0.25, 0.3) is 0 Å². The van der Waals surface area contributed by atoms with Gasteiger partial charge in [0.15, 0.2) is 6.10 Å². The van der Waals surface area contributed by atoms with Gasteiger partial charge in [0, 0.05) is 10.7 Å². The predicted molar refractivity (Wildman–Crippen MR) is 105 cm³/mol. The molecule has 0 aliphatic rings. The van der Waals surface area contributed by atoms with E-state index in [1.165, 1.54) is 0 Å². The fourth-order valence-corrected chi connectivity index (χ4v) is 2.84. The molecule has 0 aromatic heterocycles. The van der Waals surface area contributed by atoms with Crippen LogP contribution in [0.15, 0.2) is 36.4 Å². The number of nitrogens with one attached hydrogen (secondary N) is 1. The van der Waals surface area contributed by atoms with E-state index in [0.717, 1.165) is 22.4 Å². The number of rotatable bonds is 6. The van der Waals surface area contributed by atoms with Crippen LogP contribution in [0.1, 0.15) is 49.8 Å². The van der Waals surface area contributed by atoms with Gasteiger partial charge in [-0.3, -0.25) is 4.79 Å². The maximum Gasteiger partial charge on any atom is 0.265 e. The molecule has 0 heterocycles. The average molecular weight is 360 g/mol. The summed E-state index contributed by atoms with van der Waals surface area (Å²) in [5, 5.41) is 3.75. The van der Waals surface area contributed by atoms with Gasteiger partial charge in [0.05, 0.1) is 0 Å². The van der Waals surface area contributed by atoms with E-state index in [4.69, 9.17) is 16.3 Å². The number of para-hydroxylation sites is 1. The van der Waals surface area contributed by atoms with E-state index in [-0.39, 0.29) is 5.91 Å². The van der Waals surface area contributed by atoms with Gasteiger partial charge in [0.25, 0.3) is 5.91 Å². The van der Waals surface area contributed by atoms with Crippen molar-refractivity contribution < 1.29 is 9.53 Å². The highest BCUT2D eigenvalue weighted by molar-refractivity contribution is 6.31. The topological polar surface area (TPSA) is 38.3 Å². The van der Waals surface area contributed by atoms with E-state index in [0.29, 0.717) is 23.1 Å². The van der Waals surface area contributed by atoms with Crippen LogP contribution in [-0.2, 0) is 4.79 Å². The molecule has 25 heavy (non-hydrogen) atoms. The van der Waals surface area contributed by atoms with Crippen LogP contribution in [0, 0.1) is 13.8 Å². The first-order valence-electron chi connectivity index (χ1n) is 8.66. The lowest BCUT2D eigenvalue weighted by Crippen LogP contribution is -2.33. The molecule has 1 N–H and O–H groups in total. The van der Waals surface area contributed by atoms with Gasteiger partial charge >= 0.3 is 0 Å². The van der Waals surface area contributed by atoms with Crippen LogP contribution >= 0.6 is 11.6 Å². The lowest BCUT2D eigenvalue weighted by Gasteiger charge is -2.21. The van der Waals surface area contributed by atoms with E-state index in [9.17, 15) is 4.79 Å². The van der Waals surface area contributed by atoms with Gasteiger partial charge in [0.2, 0.25) is 0 Å². The van der Waals surface area contributed by atoms with Gasteiger partial charge in [-0.1, -0.05) is 50.6 Å². The molecule has 1 unspecified atom stereocenters. The maximum atomic E-state index is 12.8. The summed E-state index contributed by atoms with van der Waals surface area (Å²) in [6.45, 7) is 10.1. The van der Waals surface area contributed by atoms with Crippen LogP contribution in [0.3, 0.4) is 0 Å². The second-order valence-electron chi connectivity index (χ2n) is 6.61. The first-order valence-corrected chi connectivity index (χ1v) is 9.04. The molecule has 0 saturated carbocycles. The van der Waals surface area contributed by atoms with Crippen LogP contribution in [-0.4, -0.2) is 12.0 Å². The lowest BCUT2D eigenvalue weighted by atomic mass is 9.98. The van der Waals surface area contributed by atoms with Crippen molar-refractivity contribution in [2.24, 2.45) is 0 Å². The van der Waals surface area contributed by atoms with Crippen molar-refractivity contribution in [1.29, 1.82) is 0 Å². The highest BCUT2D eigenvalue weighted by Gasteiger charge is 2.21. The number of carbonyl (C=O) groups excluding carboxylic acids is 1. The van der Waals surface area contributed by atoms with Gasteiger partial charge in [0.1, 0.15) is 5.75 Å². The summed E-state index contributed by atoms with van der Waals surface area (Å²) in [6, 6.07) is 11.5. The van der Waals surface area contributed by atoms with E-state index in [1.54, 1.807) is 12.1 Å². The van der Waals surface area contributed by atoms with Crippen molar-refractivity contribution in [2.45, 2.75) is 53.1 Å². The van der Waals surface area contributed by atoms with E-state index < -0.39 is 6.10 Å². The summed E-state index contributed by atoms with van der Waals surface area (Å²) in [4.78, 5) is 12.8. The Labute approximate surface area is 155 Å². The normalized spacial score (nSPS) is 12.1. The van der Waals surface area contributed by atoms with Crippen molar-refractivity contribution in [2.75, 3.05) is 5.32 Å². The first-order chi connectivity index (χ1) is 11.8. The maximum absolute atomic E-state index is 12.8. The Morgan fingerprint density at radius 1 is 1.16 bits per heavy atom. The molecule has 0 aliphatic carbocycles. The zero-order valence-electron chi connectivity index (χ0n) is 15.5. The number of halogens is 1. The molecule has 0 spiro atoms. The Morgan fingerprint density at radius 3 is 2.48 bits per heavy atom. The number of hydrogen-bond acceptors (Lipinski definition) is 2. The largest absolute Gasteiger partial charge is 0.481 e. The third kappa shape index (κ3) is 4.76. The zero-order chi connectivity index (χ0) is 18.6. The molecule has 4 heteroatoms. The third-order valence-electron chi connectivity index (χ3n) is 4.25. The van der Waals surface area contributed by atoms with Crippen molar-refractivity contribution in [3.8, 4) is 5.75 Å². The van der Waals surface area contributed by atoms with Crippen LogP contribution in [0.4, 0.5) is 5.69 Å². The van der Waals surface area contributed by atoms with Gasteiger partial charge in [-0.25, -0.2) is 0 Å². The molecule has 2 aromatic rings. The molecule has 0 aliphatic heterocycles. The van der Waals surface area contributed by atoms with E-state index in [2.05, 4.69) is 25.2 Å². The van der Waals surface area contributed by atoms with Crippen LogP contribution < -0.4 is 10.1 Å². The summed E-state index contributed by atoms with van der Waals surface area (Å²) in [5.41, 5.74) is 3.99. The first kappa shape index (κ1) is 19.3. The lowest BCUT2D eigenvalue weighted by molar-refractivity contribution is -0.122. The Balaban J connectivity index is 2.19. The minimum atomic E-state index is -0.555. The molecule has 2 rings (SSSR count). The number of benzene rings is 2. The Morgan fingerprint density at radius 2 is 1.88 bits per heavy atom.